The van der Waals surface area contributed by atoms with Crippen LogP contribution < -0.4 is 11.1 Å². The summed E-state index contributed by atoms with van der Waals surface area (Å²) in [7, 11) is 2.14. The summed E-state index contributed by atoms with van der Waals surface area (Å²) in [5.74, 6) is 1.36. The number of H-pyrrole nitrogens is 1. The highest BCUT2D eigenvalue weighted by Crippen LogP contribution is 2.38. The number of imidazole rings is 1. The van der Waals surface area contributed by atoms with Gasteiger partial charge in [-0.2, -0.15) is 0 Å². The zero-order valence-electron chi connectivity index (χ0n) is 18.8. The van der Waals surface area contributed by atoms with Gasteiger partial charge in [0.25, 0.3) is 0 Å². The lowest BCUT2D eigenvalue weighted by Crippen LogP contribution is -2.13. The van der Waals surface area contributed by atoms with Crippen molar-refractivity contribution in [1.29, 1.82) is 0 Å². The number of likely N-dealkylation sites (tertiary alicyclic amines) is 1. The highest BCUT2D eigenvalue weighted by Gasteiger charge is 2.35. The minimum atomic E-state index is -0.218. The Kier molecular flexibility index (Phi) is 6.09. The molecule has 2 heterocycles. The fraction of sp³-hybridized carbons (Fsp3) is 0.185. The first kappa shape index (κ1) is 22.2. The zero-order valence-corrected chi connectivity index (χ0v) is 19.6. The molecule has 34 heavy (non-hydrogen) atoms. The van der Waals surface area contributed by atoms with E-state index in [9.17, 15) is 4.79 Å². The number of aromatic amines is 1. The normalized spacial score (nSPS) is 18.6. The summed E-state index contributed by atoms with van der Waals surface area (Å²) in [5, 5.41) is 3.51. The van der Waals surface area contributed by atoms with E-state index in [2.05, 4.69) is 34.4 Å². The van der Waals surface area contributed by atoms with Crippen LogP contribution in [0, 0.1) is 0 Å². The third-order valence-electron chi connectivity index (χ3n) is 6.33. The molecule has 1 saturated heterocycles. The predicted octanol–water partition coefficient (Wildman–Crippen LogP) is 5.26. The number of nitrogens with one attached hydrogen (secondary N) is 2. The molecule has 1 aliphatic heterocycles. The van der Waals surface area contributed by atoms with Crippen molar-refractivity contribution >= 4 is 46.0 Å². The second-order valence-electron chi connectivity index (χ2n) is 8.79. The number of aromatic nitrogens is 2. The van der Waals surface area contributed by atoms with Gasteiger partial charge in [0.1, 0.15) is 5.82 Å². The van der Waals surface area contributed by atoms with Gasteiger partial charge in [0.15, 0.2) is 0 Å². The van der Waals surface area contributed by atoms with Crippen molar-refractivity contribution in [1.82, 2.24) is 14.9 Å². The Bertz CT molecular complexity index is 1360. The maximum absolute atomic E-state index is 12.3. The Hall–Kier alpha value is -3.61. The van der Waals surface area contributed by atoms with Crippen LogP contribution in [0.3, 0.4) is 0 Å². The molecule has 0 radical (unpaired) electrons. The van der Waals surface area contributed by atoms with Gasteiger partial charge in [-0.05, 0) is 54.6 Å². The number of fused-ring (bicyclic) bond motifs is 1. The summed E-state index contributed by atoms with van der Waals surface area (Å²) in [4.78, 5) is 22.9. The van der Waals surface area contributed by atoms with Gasteiger partial charge in [0.05, 0.1) is 22.4 Å². The number of nitrogens with two attached hydrogens (primary N) is 1. The Balaban J connectivity index is 1.31. The first-order valence-electron chi connectivity index (χ1n) is 11.2. The van der Waals surface area contributed by atoms with Gasteiger partial charge in [0, 0.05) is 36.0 Å². The number of hydrogen-bond donors (Lipinski definition) is 3. The SMILES string of the molecule is CN1CC(c2ccc(C=CC(=O)Nc3ccccc3N)cc2)C(c2nc3ccc(Cl)cc3[nH]2)C1. The first-order valence-corrected chi connectivity index (χ1v) is 11.6. The lowest BCUT2D eigenvalue weighted by atomic mass is 9.88. The number of likely N-dealkylation sites (N-methyl/N-ethyl adjacent to an activating group) is 1. The number of nitrogens with zero attached hydrogens (tertiary/aromatic N) is 2. The van der Waals surface area contributed by atoms with Crippen molar-refractivity contribution in [2.24, 2.45) is 0 Å². The van der Waals surface area contributed by atoms with Crippen LogP contribution in [0.1, 0.15) is 28.8 Å². The van der Waals surface area contributed by atoms with Crippen LogP contribution in [0.15, 0.2) is 72.8 Å². The van der Waals surface area contributed by atoms with Gasteiger partial charge in [-0.3, -0.25) is 4.79 Å². The maximum Gasteiger partial charge on any atom is 0.248 e. The van der Waals surface area contributed by atoms with E-state index in [4.69, 9.17) is 22.3 Å². The molecular weight excluding hydrogens is 446 g/mol. The quantitative estimate of drug-likeness (QED) is 0.273. The molecule has 1 fully saturated rings. The molecule has 2 atom stereocenters. The van der Waals surface area contributed by atoms with Crippen LogP contribution in [0.5, 0.6) is 0 Å². The molecular formula is C27H26ClN5O. The van der Waals surface area contributed by atoms with Gasteiger partial charge < -0.3 is 20.9 Å². The Morgan fingerprint density at radius 2 is 1.88 bits per heavy atom. The molecule has 0 aliphatic carbocycles. The second-order valence-corrected chi connectivity index (χ2v) is 9.23. The Morgan fingerprint density at radius 1 is 1.12 bits per heavy atom. The fourth-order valence-corrected chi connectivity index (χ4v) is 4.78. The predicted molar refractivity (Wildman–Crippen MR) is 139 cm³/mol. The molecule has 1 aromatic heterocycles. The molecule has 4 aromatic rings. The Morgan fingerprint density at radius 3 is 2.68 bits per heavy atom. The van der Waals surface area contributed by atoms with E-state index >= 15 is 0 Å². The van der Waals surface area contributed by atoms with E-state index in [0.717, 1.165) is 35.5 Å². The number of rotatable bonds is 5. The summed E-state index contributed by atoms with van der Waals surface area (Å²) < 4.78 is 0. The van der Waals surface area contributed by atoms with Crippen LogP contribution in [0.25, 0.3) is 17.1 Å². The molecule has 0 bridgehead atoms. The molecule has 172 valence electrons. The molecule has 1 aliphatic rings. The van der Waals surface area contributed by atoms with E-state index in [1.165, 1.54) is 11.6 Å². The zero-order chi connectivity index (χ0) is 23.7. The van der Waals surface area contributed by atoms with Crippen LogP contribution in [-0.4, -0.2) is 40.9 Å². The summed E-state index contributed by atoms with van der Waals surface area (Å²) in [6.45, 7) is 1.89. The monoisotopic (exact) mass is 471 g/mol. The number of anilines is 2. The van der Waals surface area contributed by atoms with Crippen LogP contribution >= 0.6 is 11.6 Å². The molecule has 4 N–H and O–H groups in total. The summed E-state index contributed by atoms with van der Waals surface area (Å²) >= 11 is 6.15. The van der Waals surface area contributed by atoms with Crippen molar-refractivity contribution in [3.63, 3.8) is 0 Å². The summed E-state index contributed by atoms with van der Waals surface area (Å²) in [5.41, 5.74) is 11.2. The first-order chi connectivity index (χ1) is 16.5. The van der Waals surface area contributed by atoms with E-state index in [0.29, 0.717) is 22.3 Å². The minimum absolute atomic E-state index is 0.218. The molecule has 7 heteroatoms. The van der Waals surface area contributed by atoms with Gasteiger partial charge in [-0.15, -0.1) is 0 Å². The molecule has 6 nitrogen and oxygen atoms in total. The van der Waals surface area contributed by atoms with Crippen molar-refractivity contribution in [2.45, 2.75) is 11.8 Å². The molecule has 0 spiro atoms. The molecule has 5 rings (SSSR count). The van der Waals surface area contributed by atoms with Crippen LogP contribution in [-0.2, 0) is 4.79 Å². The van der Waals surface area contributed by atoms with Gasteiger partial charge in [-0.25, -0.2) is 4.98 Å². The molecule has 0 saturated carbocycles. The number of halogens is 1. The molecule has 3 aromatic carbocycles. The van der Waals surface area contributed by atoms with E-state index < -0.39 is 0 Å². The summed E-state index contributed by atoms with van der Waals surface area (Å²) in [6, 6.07) is 21.3. The van der Waals surface area contributed by atoms with E-state index in [1.807, 2.05) is 42.5 Å². The van der Waals surface area contributed by atoms with Crippen LogP contribution in [0.2, 0.25) is 5.02 Å². The van der Waals surface area contributed by atoms with E-state index in [-0.39, 0.29) is 11.8 Å². The number of para-hydroxylation sites is 2. The lowest BCUT2D eigenvalue weighted by Gasteiger charge is -2.17. The van der Waals surface area contributed by atoms with Gasteiger partial charge >= 0.3 is 0 Å². The number of hydrogen-bond acceptors (Lipinski definition) is 4. The average Bonchev–Trinajstić information content (AvgIpc) is 3.42. The largest absolute Gasteiger partial charge is 0.397 e. The molecule has 2 unspecified atom stereocenters. The lowest BCUT2D eigenvalue weighted by molar-refractivity contribution is -0.111. The fourth-order valence-electron chi connectivity index (χ4n) is 4.60. The van der Waals surface area contributed by atoms with E-state index in [1.54, 1.807) is 18.2 Å². The second kappa shape index (κ2) is 9.33. The van der Waals surface area contributed by atoms with Crippen molar-refractivity contribution < 1.29 is 4.79 Å². The number of benzene rings is 3. The molecule has 1 amide bonds. The number of carbonyl (C=O) groups excluding carboxylic acids is 1. The summed E-state index contributed by atoms with van der Waals surface area (Å²) in [6.07, 6.45) is 3.33. The standard InChI is InChI=1S/C27H26ClN5O/c1-33-15-20(21(16-33)27-31-24-12-11-19(28)14-25(24)32-27)18-9-6-17(7-10-18)8-13-26(34)30-23-5-3-2-4-22(23)29/h2-14,20-21H,15-16,29H2,1H3,(H,30,34)(H,31,32). The highest BCUT2D eigenvalue weighted by atomic mass is 35.5. The van der Waals surface area contributed by atoms with Crippen LogP contribution in [0.4, 0.5) is 11.4 Å². The third kappa shape index (κ3) is 4.69. The smallest absolute Gasteiger partial charge is 0.248 e. The van der Waals surface area contributed by atoms with Crippen molar-refractivity contribution in [2.75, 3.05) is 31.2 Å². The van der Waals surface area contributed by atoms with Gasteiger partial charge in [0.2, 0.25) is 5.91 Å². The average molecular weight is 472 g/mol. The number of nitrogen functional groups attached to an aromatic ring is 1. The number of amides is 1. The van der Waals surface area contributed by atoms with Gasteiger partial charge in [-0.1, -0.05) is 48.0 Å². The topological polar surface area (TPSA) is 87.0 Å². The van der Waals surface area contributed by atoms with Crippen molar-refractivity contribution in [3.8, 4) is 0 Å². The minimum Gasteiger partial charge on any atom is -0.397 e. The number of carbonyl (C=O) groups is 1. The highest BCUT2D eigenvalue weighted by molar-refractivity contribution is 6.31. The Labute approximate surface area is 203 Å². The third-order valence-corrected chi connectivity index (χ3v) is 6.56. The van der Waals surface area contributed by atoms with Crippen molar-refractivity contribution in [3.05, 3.63) is 94.8 Å². The maximum atomic E-state index is 12.3.